The monoisotopic (exact) mass is 413 g/mol. The second-order valence-electron chi connectivity index (χ2n) is 5.29. The third-order valence-corrected chi connectivity index (χ3v) is 3.90. The van der Waals surface area contributed by atoms with Gasteiger partial charge in [0, 0.05) is 16.6 Å². The van der Waals surface area contributed by atoms with E-state index in [9.17, 15) is 13.6 Å². The fraction of sp³-hybridized carbons (Fsp3) is 0.278. The first-order chi connectivity index (χ1) is 12.0. The van der Waals surface area contributed by atoms with Gasteiger partial charge in [0.25, 0.3) is 0 Å². The molecule has 1 amide bonds. The Bertz CT molecular complexity index is 698. The van der Waals surface area contributed by atoms with E-state index in [1.165, 1.54) is 6.07 Å². The van der Waals surface area contributed by atoms with Gasteiger partial charge in [0.15, 0.2) is 0 Å². The molecular weight excluding hydrogens is 396 g/mol. The van der Waals surface area contributed by atoms with Crippen LogP contribution in [-0.4, -0.2) is 18.6 Å². The first-order valence-electron chi connectivity index (χ1n) is 7.62. The number of hydrogen-bond donors (Lipinski definition) is 1. The summed E-state index contributed by atoms with van der Waals surface area (Å²) in [6.07, 6.45) is -0.674. The lowest BCUT2D eigenvalue weighted by Gasteiger charge is -2.15. The summed E-state index contributed by atoms with van der Waals surface area (Å²) in [5.74, 6) is -0.310. The van der Waals surface area contributed by atoms with E-state index in [-0.39, 0.29) is 18.2 Å². The molecule has 2 aromatic carbocycles. The van der Waals surface area contributed by atoms with Crippen LogP contribution in [-0.2, 0) is 22.7 Å². The highest BCUT2D eigenvalue weighted by atomic mass is 79.9. The van der Waals surface area contributed by atoms with Crippen LogP contribution in [0.4, 0.5) is 8.78 Å². The maximum Gasteiger partial charge on any atom is 0.387 e. The van der Waals surface area contributed by atoms with Gasteiger partial charge in [-0.1, -0.05) is 46.3 Å². The molecule has 0 radical (unpaired) electrons. The number of nitrogens with one attached hydrogen (secondary N) is 1. The molecule has 0 saturated heterocycles. The quantitative estimate of drug-likeness (QED) is 0.702. The Morgan fingerprint density at radius 2 is 1.92 bits per heavy atom. The minimum Gasteiger partial charge on any atom is -0.434 e. The number of carbonyl (C=O) groups is 1. The summed E-state index contributed by atoms with van der Waals surface area (Å²) >= 11 is 3.27. The van der Waals surface area contributed by atoms with Crippen LogP contribution in [0.25, 0.3) is 0 Å². The lowest BCUT2D eigenvalue weighted by atomic mass is 10.2. The Kier molecular flexibility index (Phi) is 7.33. The van der Waals surface area contributed by atoms with E-state index in [1.807, 2.05) is 30.3 Å². The molecule has 1 atom stereocenters. The van der Waals surface area contributed by atoms with Crippen molar-refractivity contribution in [3.8, 4) is 5.75 Å². The molecule has 0 aliphatic heterocycles. The third-order valence-electron chi connectivity index (χ3n) is 3.40. The first kappa shape index (κ1) is 19.3. The van der Waals surface area contributed by atoms with E-state index in [1.54, 1.807) is 19.1 Å². The first-order valence-corrected chi connectivity index (χ1v) is 8.41. The molecule has 1 N–H and O–H groups in total. The van der Waals surface area contributed by atoms with Gasteiger partial charge >= 0.3 is 6.61 Å². The van der Waals surface area contributed by atoms with Gasteiger partial charge in [0.05, 0.1) is 6.61 Å². The predicted octanol–water partition coefficient (Wildman–Crippen LogP) is 4.27. The average Bonchev–Trinajstić information content (AvgIpc) is 2.60. The maximum absolute atomic E-state index is 12.4. The van der Waals surface area contributed by atoms with Crippen molar-refractivity contribution in [3.05, 3.63) is 64.1 Å². The molecule has 0 aromatic heterocycles. The Morgan fingerprint density at radius 1 is 1.20 bits per heavy atom. The lowest BCUT2D eigenvalue weighted by molar-refractivity contribution is -0.132. The summed E-state index contributed by atoms with van der Waals surface area (Å²) < 4.78 is 35.6. The van der Waals surface area contributed by atoms with E-state index in [2.05, 4.69) is 26.0 Å². The number of ether oxygens (including phenoxy) is 2. The molecule has 0 heterocycles. The van der Waals surface area contributed by atoms with Crippen molar-refractivity contribution in [3.63, 3.8) is 0 Å². The van der Waals surface area contributed by atoms with Crippen LogP contribution in [0.15, 0.2) is 53.0 Å². The van der Waals surface area contributed by atoms with Crippen LogP contribution < -0.4 is 10.1 Å². The molecule has 25 heavy (non-hydrogen) atoms. The highest BCUT2D eigenvalue weighted by molar-refractivity contribution is 9.10. The highest BCUT2D eigenvalue weighted by Crippen LogP contribution is 2.24. The van der Waals surface area contributed by atoms with Gasteiger partial charge < -0.3 is 14.8 Å². The van der Waals surface area contributed by atoms with Crippen molar-refractivity contribution in [2.45, 2.75) is 32.8 Å². The molecule has 0 spiro atoms. The Labute approximate surface area is 153 Å². The van der Waals surface area contributed by atoms with Gasteiger partial charge in [-0.25, -0.2) is 0 Å². The van der Waals surface area contributed by atoms with Crippen molar-refractivity contribution < 1.29 is 23.0 Å². The molecule has 0 aliphatic carbocycles. The second-order valence-corrected chi connectivity index (χ2v) is 6.20. The van der Waals surface area contributed by atoms with Gasteiger partial charge in [0.2, 0.25) is 5.91 Å². The molecule has 0 bridgehead atoms. The highest BCUT2D eigenvalue weighted by Gasteiger charge is 2.15. The number of carbonyl (C=O) groups excluding carboxylic acids is 1. The van der Waals surface area contributed by atoms with E-state index in [0.717, 1.165) is 5.56 Å². The molecule has 2 aromatic rings. The van der Waals surface area contributed by atoms with Gasteiger partial charge in [0.1, 0.15) is 11.9 Å². The molecule has 7 heteroatoms. The van der Waals surface area contributed by atoms with Gasteiger partial charge in [-0.15, -0.1) is 0 Å². The minimum atomic E-state index is -2.93. The Hall–Kier alpha value is -1.99. The topological polar surface area (TPSA) is 47.6 Å². The average molecular weight is 414 g/mol. The summed E-state index contributed by atoms with van der Waals surface area (Å²) in [4.78, 5) is 12.1. The van der Waals surface area contributed by atoms with Crippen LogP contribution in [0.2, 0.25) is 0 Å². The fourth-order valence-corrected chi connectivity index (χ4v) is 2.50. The van der Waals surface area contributed by atoms with E-state index >= 15 is 0 Å². The van der Waals surface area contributed by atoms with Gasteiger partial charge in [-0.05, 0) is 30.7 Å². The summed E-state index contributed by atoms with van der Waals surface area (Å²) in [7, 11) is 0. The SMILES string of the molecule is CC(OCc1ccccc1)C(=O)NCc1cc(Br)ccc1OC(F)F. The Balaban J connectivity index is 1.89. The summed E-state index contributed by atoms with van der Waals surface area (Å²) in [6.45, 7) is -0.926. The summed E-state index contributed by atoms with van der Waals surface area (Å²) in [5.41, 5.74) is 1.40. The zero-order valence-electron chi connectivity index (χ0n) is 13.5. The van der Waals surface area contributed by atoms with E-state index in [4.69, 9.17) is 4.74 Å². The molecule has 0 aliphatic rings. The zero-order valence-corrected chi connectivity index (χ0v) is 15.1. The molecule has 134 valence electrons. The number of halogens is 3. The number of amides is 1. The zero-order chi connectivity index (χ0) is 18.2. The smallest absolute Gasteiger partial charge is 0.387 e. The number of rotatable bonds is 8. The largest absolute Gasteiger partial charge is 0.434 e. The second kappa shape index (κ2) is 9.48. The number of hydrogen-bond acceptors (Lipinski definition) is 3. The third kappa shape index (κ3) is 6.43. The normalized spacial score (nSPS) is 12.0. The molecular formula is C18H18BrF2NO3. The van der Waals surface area contributed by atoms with Crippen molar-refractivity contribution in [2.75, 3.05) is 0 Å². The van der Waals surface area contributed by atoms with Crippen LogP contribution in [0.5, 0.6) is 5.75 Å². The van der Waals surface area contributed by atoms with Crippen molar-refractivity contribution in [1.82, 2.24) is 5.32 Å². The fourth-order valence-electron chi connectivity index (χ4n) is 2.09. The molecule has 4 nitrogen and oxygen atoms in total. The van der Waals surface area contributed by atoms with E-state index in [0.29, 0.717) is 16.6 Å². The molecule has 1 unspecified atom stereocenters. The molecule has 2 rings (SSSR count). The molecule has 0 saturated carbocycles. The predicted molar refractivity (Wildman–Crippen MR) is 93.3 cm³/mol. The standard InChI is InChI=1S/C18H18BrF2NO3/c1-12(24-11-13-5-3-2-4-6-13)17(23)22-10-14-9-15(19)7-8-16(14)25-18(20)21/h2-9,12,18H,10-11H2,1H3,(H,22,23). The van der Waals surface area contributed by atoms with Crippen molar-refractivity contribution in [2.24, 2.45) is 0 Å². The number of benzene rings is 2. The number of alkyl halides is 2. The van der Waals surface area contributed by atoms with Gasteiger partial charge in [-0.3, -0.25) is 4.79 Å². The summed E-state index contributed by atoms with van der Waals surface area (Å²) in [6, 6.07) is 14.1. The summed E-state index contributed by atoms with van der Waals surface area (Å²) in [5, 5.41) is 2.67. The van der Waals surface area contributed by atoms with Crippen LogP contribution in [0.1, 0.15) is 18.1 Å². The van der Waals surface area contributed by atoms with Crippen molar-refractivity contribution in [1.29, 1.82) is 0 Å². The van der Waals surface area contributed by atoms with Crippen LogP contribution in [0, 0.1) is 0 Å². The van der Waals surface area contributed by atoms with Crippen LogP contribution >= 0.6 is 15.9 Å². The van der Waals surface area contributed by atoms with Crippen LogP contribution in [0.3, 0.4) is 0 Å². The Morgan fingerprint density at radius 3 is 2.60 bits per heavy atom. The van der Waals surface area contributed by atoms with Crippen molar-refractivity contribution >= 4 is 21.8 Å². The van der Waals surface area contributed by atoms with Gasteiger partial charge in [-0.2, -0.15) is 8.78 Å². The minimum absolute atomic E-state index is 0.0244. The molecule has 0 fully saturated rings. The lowest BCUT2D eigenvalue weighted by Crippen LogP contribution is -2.34. The maximum atomic E-state index is 12.4. The van der Waals surface area contributed by atoms with E-state index < -0.39 is 12.7 Å².